The van der Waals surface area contributed by atoms with E-state index in [1.165, 1.54) is 0 Å². The van der Waals surface area contributed by atoms with Gasteiger partial charge in [-0.15, -0.1) is 0 Å². The Morgan fingerprint density at radius 1 is 1.35 bits per heavy atom. The Labute approximate surface area is 99.8 Å². The highest BCUT2D eigenvalue weighted by Gasteiger charge is 2.10. The van der Waals surface area contributed by atoms with E-state index in [4.69, 9.17) is 15.4 Å². The fourth-order valence-electron chi connectivity index (χ4n) is 0.955. The smallest absolute Gasteiger partial charge is 0.320 e. The lowest BCUT2D eigenvalue weighted by Gasteiger charge is -2.04. The molecule has 1 aromatic rings. The summed E-state index contributed by atoms with van der Waals surface area (Å²) in [5, 5.41) is 8.52. The number of carboxylic acid groups (broad SMARTS) is 1. The van der Waals surface area contributed by atoms with Gasteiger partial charge < -0.3 is 10.8 Å². The van der Waals surface area contributed by atoms with Crippen molar-refractivity contribution in [3.63, 3.8) is 0 Å². The zero-order valence-electron chi connectivity index (χ0n) is 9.28. The Bertz CT molecular complexity index is 435. The number of nitrogens with two attached hydrogens (primary N) is 1. The molecular weight excluding hydrogens is 246 g/mol. The van der Waals surface area contributed by atoms with Gasteiger partial charge in [-0.2, -0.15) is 8.42 Å². The number of carbonyl (C=O) groups is 1. The summed E-state index contributed by atoms with van der Waals surface area (Å²) < 4.78 is 25.9. The Kier molecular flexibility index (Phi) is 6.40. The highest BCUT2D eigenvalue weighted by atomic mass is 32.2. The minimum Gasteiger partial charge on any atom is -0.480 e. The van der Waals surface area contributed by atoms with Gasteiger partial charge in [0.2, 0.25) is 0 Å². The molecule has 0 aromatic heterocycles. The molecule has 0 fully saturated rings. The summed E-state index contributed by atoms with van der Waals surface area (Å²) in [4.78, 5) is 10.4. The van der Waals surface area contributed by atoms with Gasteiger partial charge in [-0.3, -0.25) is 9.35 Å². The molecule has 0 aliphatic carbocycles. The number of hydrogen-bond acceptors (Lipinski definition) is 4. The van der Waals surface area contributed by atoms with Gasteiger partial charge >= 0.3 is 5.97 Å². The molecule has 0 radical (unpaired) electrons. The molecule has 0 saturated heterocycles. The van der Waals surface area contributed by atoms with E-state index in [-0.39, 0.29) is 0 Å². The van der Waals surface area contributed by atoms with Gasteiger partial charge in [0.25, 0.3) is 10.1 Å². The summed E-state index contributed by atoms with van der Waals surface area (Å²) >= 11 is 0. The SMILES string of the molecule is CS(=O)(=O)O.N[C@@H](Cc1ccccc1)C(=O)O. The fraction of sp³-hybridized carbons (Fsp3) is 0.300. The number of aliphatic carboxylic acids is 1. The van der Waals surface area contributed by atoms with Crippen LogP contribution < -0.4 is 5.73 Å². The molecule has 0 saturated carbocycles. The topological polar surface area (TPSA) is 118 Å². The summed E-state index contributed by atoms with van der Waals surface area (Å²) in [6, 6.07) is 8.54. The lowest BCUT2D eigenvalue weighted by molar-refractivity contribution is -0.138. The number of carboxylic acids is 1. The highest BCUT2D eigenvalue weighted by molar-refractivity contribution is 7.85. The Morgan fingerprint density at radius 3 is 2.12 bits per heavy atom. The van der Waals surface area contributed by atoms with Crippen molar-refractivity contribution in [2.45, 2.75) is 12.5 Å². The predicted molar refractivity (Wildman–Crippen MR) is 63.2 cm³/mol. The van der Waals surface area contributed by atoms with Crippen LogP contribution in [0.15, 0.2) is 30.3 Å². The molecule has 0 spiro atoms. The maximum Gasteiger partial charge on any atom is 0.320 e. The molecule has 1 rings (SSSR count). The van der Waals surface area contributed by atoms with Crippen LogP contribution in [0.5, 0.6) is 0 Å². The van der Waals surface area contributed by atoms with Crippen molar-refractivity contribution in [1.29, 1.82) is 0 Å². The van der Waals surface area contributed by atoms with E-state index in [2.05, 4.69) is 0 Å². The number of benzene rings is 1. The van der Waals surface area contributed by atoms with Crippen molar-refractivity contribution >= 4 is 16.1 Å². The van der Waals surface area contributed by atoms with Crippen LogP contribution in [0.2, 0.25) is 0 Å². The molecule has 6 nitrogen and oxygen atoms in total. The van der Waals surface area contributed by atoms with E-state index in [0.717, 1.165) is 5.56 Å². The van der Waals surface area contributed by atoms with Crippen LogP contribution in [0, 0.1) is 0 Å². The van der Waals surface area contributed by atoms with Gasteiger partial charge in [-0.1, -0.05) is 30.3 Å². The Hall–Kier alpha value is -1.44. The molecule has 1 aromatic carbocycles. The predicted octanol–water partition coefficient (Wildman–Crippen LogP) is 0.145. The first kappa shape index (κ1) is 15.6. The molecule has 96 valence electrons. The number of rotatable bonds is 3. The van der Waals surface area contributed by atoms with Crippen molar-refractivity contribution in [3.8, 4) is 0 Å². The quantitative estimate of drug-likeness (QED) is 0.666. The number of hydrogen-bond donors (Lipinski definition) is 3. The molecule has 0 bridgehead atoms. The monoisotopic (exact) mass is 261 g/mol. The van der Waals surface area contributed by atoms with Gasteiger partial charge in [0.1, 0.15) is 6.04 Å². The third kappa shape index (κ3) is 10.8. The summed E-state index contributed by atoms with van der Waals surface area (Å²) in [6.45, 7) is 0. The largest absolute Gasteiger partial charge is 0.480 e. The standard InChI is InChI=1S/C9H11NO2.CH4O3S/c10-8(9(11)12)6-7-4-2-1-3-5-7;1-5(2,3)4/h1-5,8H,6,10H2,(H,11,12);1H3,(H,2,3,4)/t8-;/m0./s1. The van der Waals surface area contributed by atoms with E-state index >= 15 is 0 Å². The maximum atomic E-state index is 10.4. The fourth-order valence-corrected chi connectivity index (χ4v) is 0.955. The van der Waals surface area contributed by atoms with Gasteiger partial charge in [-0.05, 0) is 12.0 Å². The highest BCUT2D eigenvalue weighted by Crippen LogP contribution is 2.01. The molecule has 0 aliphatic rings. The average Bonchev–Trinajstić information content (AvgIpc) is 2.16. The van der Waals surface area contributed by atoms with Crippen LogP contribution in [0.1, 0.15) is 5.56 Å². The summed E-state index contributed by atoms with van der Waals surface area (Å²) in [7, 11) is -3.67. The van der Waals surface area contributed by atoms with E-state index in [1.807, 2.05) is 30.3 Å². The molecule has 0 amide bonds. The van der Waals surface area contributed by atoms with Crippen LogP contribution in [0.3, 0.4) is 0 Å². The Morgan fingerprint density at radius 2 is 1.76 bits per heavy atom. The minimum absolute atomic E-state index is 0.385. The van der Waals surface area contributed by atoms with Gasteiger partial charge in [-0.25, -0.2) is 0 Å². The third-order valence-corrected chi connectivity index (χ3v) is 1.62. The molecule has 0 aliphatic heterocycles. The first-order valence-corrected chi connectivity index (χ1v) is 6.49. The van der Waals surface area contributed by atoms with Crippen LogP contribution in [0.25, 0.3) is 0 Å². The normalized spacial score (nSPS) is 12.2. The molecule has 0 heterocycles. The Balaban J connectivity index is 0.000000437. The zero-order valence-corrected chi connectivity index (χ0v) is 10.1. The van der Waals surface area contributed by atoms with Crippen molar-refractivity contribution in [1.82, 2.24) is 0 Å². The van der Waals surface area contributed by atoms with Crippen LogP contribution in [-0.2, 0) is 21.3 Å². The second-order valence-electron chi connectivity index (χ2n) is 3.37. The second kappa shape index (κ2) is 7.00. The van der Waals surface area contributed by atoms with Crippen molar-refractivity contribution < 1.29 is 22.9 Å². The molecule has 0 unspecified atom stereocenters. The summed E-state index contributed by atoms with van der Waals surface area (Å²) in [6.07, 6.45) is 1.10. The molecule has 4 N–H and O–H groups in total. The minimum atomic E-state index is -3.67. The molecular formula is C10H15NO5S. The van der Waals surface area contributed by atoms with Gasteiger partial charge in [0.05, 0.1) is 6.26 Å². The van der Waals surface area contributed by atoms with Crippen LogP contribution >= 0.6 is 0 Å². The lowest BCUT2D eigenvalue weighted by atomic mass is 10.1. The molecule has 1 atom stereocenters. The van der Waals surface area contributed by atoms with Crippen molar-refractivity contribution in [2.24, 2.45) is 5.73 Å². The maximum absolute atomic E-state index is 10.4. The van der Waals surface area contributed by atoms with Gasteiger partial charge in [0, 0.05) is 0 Å². The average molecular weight is 261 g/mol. The first-order valence-electron chi connectivity index (χ1n) is 4.65. The van der Waals surface area contributed by atoms with Crippen molar-refractivity contribution in [2.75, 3.05) is 6.26 Å². The first-order chi connectivity index (χ1) is 7.70. The summed E-state index contributed by atoms with van der Waals surface area (Å²) in [5.41, 5.74) is 6.30. The third-order valence-electron chi connectivity index (χ3n) is 1.62. The second-order valence-corrected chi connectivity index (χ2v) is 4.83. The molecule has 7 heteroatoms. The van der Waals surface area contributed by atoms with E-state index in [1.54, 1.807) is 0 Å². The van der Waals surface area contributed by atoms with Crippen LogP contribution in [0.4, 0.5) is 0 Å². The van der Waals surface area contributed by atoms with E-state index in [9.17, 15) is 13.2 Å². The van der Waals surface area contributed by atoms with E-state index in [0.29, 0.717) is 12.7 Å². The lowest BCUT2D eigenvalue weighted by Crippen LogP contribution is -2.32. The zero-order chi connectivity index (χ0) is 13.5. The van der Waals surface area contributed by atoms with Crippen LogP contribution in [-0.4, -0.2) is 36.3 Å². The van der Waals surface area contributed by atoms with E-state index < -0.39 is 22.1 Å². The van der Waals surface area contributed by atoms with Gasteiger partial charge in [0.15, 0.2) is 0 Å². The summed E-state index contributed by atoms with van der Waals surface area (Å²) in [5.74, 6) is -0.959. The molecule has 17 heavy (non-hydrogen) atoms. The van der Waals surface area contributed by atoms with Crippen molar-refractivity contribution in [3.05, 3.63) is 35.9 Å².